The first-order valence-corrected chi connectivity index (χ1v) is 7.39. The van der Waals surface area contributed by atoms with Gasteiger partial charge in [0.15, 0.2) is 0 Å². The van der Waals surface area contributed by atoms with Crippen molar-refractivity contribution in [3.63, 3.8) is 0 Å². The van der Waals surface area contributed by atoms with E-state index < -0.39 is 0 Å². The number of hydrogen-bond donors (Lipinski definition) is 0. The fraction of sp³-hybridized carbons (Fsp3) is 0.316. The van der Waals surface area contributed by atoms with E-state index >= 15 is 0 Å². The topological polar surface area (TPSA) is 12.9 Å². The van der Waals surface area contributed by atoms with Crippen molar-refractivity contribution >= 4 is 0 Å². The Bertz CT molecular complexity index is 584. The van der Waals surface area contributed by atoms with Crippen molar-refractivity contribution in [2.45, 2.75) is 39.5 Å². The molecule has 0 fully saturated rings. The van der Waals surface area contributed by atoms with Gasteiger partial charge in [-0.2, -0.15) is 0 Å². The first-order chi connectivity index (χ1) is 9.72. The Morgan fingerprint density at radius 1 is 1.10 bits per heavy atom. The van der Waals surface area contributed by atoms with Gasteiger partial charge < -0.3 is 0 Å². The molecule has 0 atom stereocenters. The van der Waals surface area contributed by atoms with Gasteiger partial charge in [0, 0.05) is 17.5 Å². The highest BCUT2D eigenvalue weighted by Gasteiger charge is 2.09. The summed E-state index contributed by atoms with van der Waals surface area (Å²) >= 11 is 0. The molecule has 0 aliphatic carbocycles. The van der Waals surface area contributed by atoms with E-state index in [9.17, 15) is 0 Å². The van der Waals surface area contributed by atoms with E-state index in [1.54, 1.807) is 0 Å². The largest absolute Gasteiger partial charge is 0.261 e. The van der Waals surface area contributed by atoms with E-state index in [0.29, 0.717) is 0 Å². The average Bonchev–Trinajstić information content (AvgIpc) is 2.45. The third-order valence-electron chi connectivity index (χ3n) is 3.46. The minimum absolute atomic E-state index is 0.929. The summed E-state index contributed by atoms with van der Waals surface area (Å²) in [4.78, 5) is 4.59. The minimum Gasteiger partial charge on any atom is -0.261 e. The number of benzene rings is 1. The lowest BCUT2D eigenvalue weighted by Crippen LogP contribution is -1.97. The first-order valence-electron chi connectivity index (χ1n) is 7.39. The van der Waals surface area contributed by atoms with E-state index in [2.05, 4.69) is 55.7 Å². The molecule has 0 saturated heterocycles. The van der Waals surface area contributed by atoms with Crippen LogP contribution < -0.4 is 0 Å². The fourth-order valence-electron chi connectivity index (χ4n) is 2.49. The molecule has 0 aliphatic rings. The highest BCUT2D eigenvalue weighted by molar-refractivity contribution is 5.69. The van der Waals surface area contributed by atoms with Crippen molar-refractivity contribution in [1.29, 1.82) is 0 Å². The van der Waals surface area contributed by atoms with Gasteiger partial charge in [0.25, 0.3) is 0 Å². The van der Waals surface area contributed by atoms with Crippen LogP contribution in [0.25, 0.3) is 11.1 Å². The van der Waals surface area contributed by atoms with Gasteiger partial charge in [0.2, 0.25) is 0 Å². The van der Waals surface area contributed by atoms with E-state index in [-0.39, 0.29) is 0 Å². The summed E-state index contributed by atoms with van der Waals surface area (Å²) in [5.74, 6) is 0. The van der Waals surface area contributed by atoms with Gasteiger partial charge in [-0.25, -0.2) is 0 Å². The normalized spacial score (nSPS) is 10.5. The zero-order chi connectivity index (χ0) is 14.4. The second-order valence-electron chi connectivity index (χ2n) is 5.39. The summed E-state index contributed by atoms with van der Waals surface area (Å²) in [6, 6.07) is 12.8. The zero-order valence-electron chi connectivity index (χ0n) is 12.5. The predicted octanol–water partition coefficient (Wildman–Crippen LogP) is 5.21. The van der Waals surface area contributed by atoms with Gasteiger partial charge in [0.1, 0.15) is 0 Å². The Morgan fingerprint density at radius 3 is 2.60 bits per heavy atom. The summed E-state index contributed by atoms with van der Waals surface area (Å²) in [5, 5.41) is 0. The molecule has 0 bridgehead atoms. The van der Waals surface area contributed by atoms with Crippen LogP contribution in [0.1, 0.15) is 37.9 Å². The van der Waals surface area contributed by atoms with Crippen molar-refractivity contribution in [3.8, 4) is 11.1 Å². The molecular weight excluding hydrogens is 242 g/mol. The van der Waals surface area contributed by atoms with Crippen LogP contribution in [0, 0.1) is 0 Å². The van der Waals surface area contributed by atoms with E-state index in [1.807, 2.05) is 12.3 Å². The summed E-state index contributed by atoms with van der Waals surface area (Å²) in [5.41, 5.74) is 6.32. The Hall–Kier alpha value is -1.89. The predicted molar refractivity (Wildman–Crippen MR) is 86.8 cm³/mol. The second kappa shape index (κ2) is 7.04. The number of allylic oxidation sites excluding steroid dienone is 1. The zero-order valence-corrected chi connectivity index (χ0v) is 12.5. The Balaban J connectivity index is 2.43. The molecule has 0 unspecified atom stereocenters. The molecule has 20 heavy (non-hydrogen) atoms. The third-order valence-corrected chi connectivity index (χ3v) is 3.46. The maximum atomic E-state index is 4.59. The van der Waals surface area contributed by atoms with Crippen molar-refractivity contribution in [3.05, 3.63) is 66.0 Å². The summed E-state index contributed by atoms with van der Waals surface area (Å²) in [7, 11) is 0. The van der Waals surface area contributed by atoms with Gasteiger partial charge in [-0.1, -0.05) is 55.8 Å². The molecule has 0 radical (unpaired) electrons. The monoisotopic (exact) mass is 265 g/mol. The quantitative estimate of drug-likeness (QED) is 0.653. The molecular formula is C19H23N. The molecule has 1 aromatic carbocycles. The summed E-state index contributed by atoms with van der Waals surface area (Å²) in [6.45, 7) is 8.34. The molecule has 1 heteroatoms. The van der Waals surface area contributed by atoms with Crippen LogP contribution in [0.3, 0.4) is 0 Å². The molecule has 104 valence electrons. The lowest BCUT2D eigenvalue weighted by atomic mass is 9.93. The van der Waals surface area contributed by atoms with Crippen molar-refractivity contribution < 1.29 is 0 Å². The van der Waals surface area contributed by atoms with Crippen LogP contribution in [-0.2, 0) is 12.8 Å². The SMILES string of the molecule is C=C(C)Cc1ccccc1-c1cccnc1CCCC. The van der Waals surface area contributed by atoms with Crippen LogP contribution in [0.4, 0.5) is 0 Å². The summed E-state index contributed by atoms with van der Waals surface area (Å²) in [6.07, 6.45) is 6.26. The molecule has 0 aliphatic heterocycles. The molecule has 1 heterocycles. The number of nitrogens with zero attached hydrogens (tertiary/aromatic N) is 1. The minimum atomic E-state index is 0.929. The van der Waals surface area contributed by atoms with Gasteiger partial charge in [-0.05, 0) is 43.4 Å². The highest BCUT2D eigenvalue weighted by Crippen LogP contribution is 2.28. The van der Waals surface area contributed by atoms with Gasteiger partial charge >= 0.3 is 0 Å². The molecule has 1 nitrogen and oxygen atoms in total. The molecule has 0 N–H and O–H groups in total. The maximum Gasteiger partial charge on any atom is 0.0481 e. The Morgan fingerprint density at radius 2 is 1.85 bits per heavy atom. The van der Waals surface area contributed by atoms with Gasteiger partial charge in [0.05, 0.1) is 0 Å². The lowest BCUT2D eigenvalue weighted by molar-refractivity contribution is 0.778. The van der Waals surface area contributed by atoms with Crippen LogP contribution in [0.5, 0.6) is 0 Å². The fourth-order valence-corrected chi connectivity index (χ4v) is 2.49. The molecule has 1 aromatic heterocycles. The van der Waals surface area contributed by atoms with Crippen molar-refractivity contribution in [1.82, 2.24) is 4.98 Å². The number of pyridine rings is 1. The van der Waals surface area contributed by atoms with E-state index in [4.69, 9.17) is 0 Å². The average molecular weight is 265 g/mol. The van der Waals surface area contributed by atoms with Gasteiger partial charge in [-0.15, -0.1) is 0 Å². The smallest absolute Gasteiger partial charge is 0.0481 e. The van der Waals surface area contributed by atoms with Crippen LogP contribution >= 0.6 is 0 Å². The van der Waals surface area contributed by atoms with E-state index in [1.165, 1.54) is 40.8 Å². The number of unbranched alkanes of at least 4 members (excludes halogenated alkanes) is 1. The molecule has 2 aromatic rings. The number of rotatable bonds is 6. The molecule has 0 spiro atoms. The number of hydrogen-bond acceptors (Lipinski definition) is 1. The van der Waals surface area contributed by atoms with Crippen LogP contribution in [0.2, 0.25) is 0 Å². The first kappa shape index (κ1) is 14.5. The second-order valence-corrected chi connectivity index (χ2v) is 5.39. The molecule has 0 amide bonds. The number of aryl methyl sites for hydroxylation is 1. The van der Waals surface area contributed by atoms with Crippen LogP contribution in [0.15, 0.2) is 54.7 Å². The molecule has 2 rings (SSSR count). The van der Waals surface area contributed by atoms with Crippen molar-refractivity contribution in [2.75, 3.05) is 0 Å². The maximum absolute atomic E-state index is 4.59. The van der Waals surface area contributed by atoms with Crippen LogP contribution in [-0.4, -0.2) is 4.98 Å². The third kappa shape index (κ3) is 3.57. The highest BCUT2D eigenvalue weighted by atomic mass is 14.7. The lowest BCUT2D eigenvalue weighted by Gasteiger charge is -2.13. The molecule has 0 saturated carbocycles. The Kier molecular flexibility index (Phi) is 5.11. The standard InChI is InChI=1S/C19H23N/c1-4-5-12-19-18(11-8-13-20-19)17-10-7-6-9-16(17)14-15(2)3/h6-11,13H,2,4-5,12,14H2,1,3H3. The van der Waals surface area contributed by atoms with Crippen molar-refractivity contribution in [2.24, 2.45) is 0 Å². The number of aromatic nitrogens is 1. The van der Waals surface area contributed by atoms with Gasteiger partial charge in [-0.3, -0.25) is 4.98 Å². The Labute approximate surface area is 122 Å². The summed E-state index contributed by atoms with van der Waals surface area (Å²) < 4.78 is 0. The van der Waals surface area contributed by atoms with E-state index in [0.717, 1.165) is 12.8 Å².